The Labute approximate surface area is 189 Å². The molecule has 0 radical (unpaired) electrons. The van der Waals surface area contributed by atoms with E-state index in [0.29, 0.717) is 5.69 Å². The van der Waals surface area contributed by atoms with Gasteiger partial charge in [-0.05, 0) is 55.2 Å². The molecule has 2 heterocycles. The van der Waals surface area contributed by atoms with Crippen molar-refractivity contribution >= 4 is 0 Å². The topological polar surface area (TPSA) is 25.8 Å². The molecule has 0 spiro atoms. The van der Waals surface area contributed by atoms with Crippen molar-refractivity contribution in [3.8, 4) is 11.4 Å². The molecule has 0 bridgehead atoms. The highest BCUT2D eigenvalue weighted by Gasteiger charge is 2.90. The second kappa shape index (κ2) is 9.12. The van der Waals surface area contributed by atoms with Gasteiger partial charge in [0.25, 0.3) is 0 Å². The molecule has 35 heavy (non-hydrogen) atoms. The summed E-state index contributed by atoms with van der Waals surface area (Å²) in [5.74, 6) is -36.7. The van der Waals surface area contributed by atoms with E-state index in [4.69, 9.17) is 0 Å². The fraction of sp³-hybridized carbons (Fsp3) is 0.500. The molecule has 0 aliphatic rings. The molecule has 0 N–H and O–H groups in total. The van der Waals surface area contributed by atoms with E-state index in [1.807, 2.05) is 0 Å². The van der Waals surface area contributed by atoms with Gasteiger partial charge in [-0.2, -0.15) is 57.1 Å². The van der Waals surface area contributed by atoms with Crippen molar-refractivity contribution in [1.82, 2.24) is 9.97 Å². The van der Waals surface area contributed by atoms with Crippen molar-refractivity contribution in [1.29, 1.82) is 0 Å². The van der Waals surface area contributed by atoms with Crippen molar-refractivity contribution in [2.75, 3.05) is 0 Å². The summed E-state index contributed by atoms with van der Waals surface area (Å²) in [5.41, 5.74) is 1.51. The number of aromatic nitrogens is 2. The lowest BCUT2D eigenvalue weighted by molar-refractivity contribution is -0.440. The maximum absolute atomic E-state index is 13.9. The van der Waals surface area contributed by atoms with Crippen molar-refractivity contribution < 1.29 is 57.1 Å². The zero-order valence-corrected chi connectivity index (χ0v) is 17.4. The number of pyridine rings is 2. The van der Waals surface area contributed by atoms with Crippen molar-refractivity contribution in [2.45, 2.75) is 62.0 Å². The Hall–Kier alpha value is -2.61. The van der Waals surface area contributed by atoms with Crippen LogP contribution in [0.5, 0.6) is 0 Å². The normalized spacial score (nSPS) is 14.3. The summed E-state index contributed by atoms with van der Waals surface area (Å²) >= 11 is 0. The molecule has 0 fully saturated rings. The third kappa shape index (κ3) is 5.03. The minimum atomic E-state index is -7.88. The standard InChI is InChI=1S/C20H15F13N2/c1-11-4-7-34-13(9-11)14-10-12(5-8-35-14)3-2-6-15(21,22)16(23,24)17(25,26)18(27,28)19(29,30)20(31,32)33/h4-5,7-10H,2-3,6H2,1H3. The second-order valence-corrected chi connectivity index (χ2v) is 7.62. The molecule has 0 aromatic carbocycles. The molecule has 2 aromatic heterocycles. The Bertz CT molecular complexity index is 1030. The molecule has 2 rings (SSSR count). The molecule has 0 unspecified atom stereocenters. The quantitative estimate of drug-likeness (QED) is 0.314. The molecule has 0 saturated carbocycles. The molecular weight excluding hydrogens is 515 g/mol. The fourth-order valence-electron chi connectivity index (χ4n) is 2.92. The van der Waals surface area contributed by atoms with Gasteiger partial charge in [0.15, 0.2) is 0 Å². The number of hydrogen-bond donors (Lipinski definition) is 0. The summed E-state index contributed by atoms with van der Waals surface area (Å²) in [4.78, 5) is 7.99. The Morgan fingerprint density at radius 1 is 0.629 bits per heavy atom. The van der Waals surface area contributed by atoms with E-state index in [1.165, 1.54) is 24.5 Å². The third-order valence-electron chi connectivity index (χ3n) is 4.96. The molecule has 2 aromatic rings. The van der Waals surface area contributed by atoms with Gasteiger partial charge in [0, 0.05) is 18.8 Å². The Morgan fingerprint density at radius 2 is 1.11 bits per heavy atom. The number of rotatable bonds is 9. The number of aryl methyl sites for hydroxylation is 2. The molecule has 196 valence electrons. The van der Waals surface area contributed by atoms with Crippen molar-refractivity contribution in [3.05, 3.63) is 47.8 Å². The van der Waals surface area contributed by atoms with E-state index in [0.717, 1.165) is 5.56 Å². The average Bonchev–Trinajstić information content (AvgIpc) is 2.72. The van der Waals surface area contributed by atoms with Crippen LogP contribution in [-0.2, 0) is 6.42 Å². The molecule has 0 aliphatic heterocycles. The van der Waals surface area contributed by atoms with Gasteiger partial charge < -0.3 is 0 Å². The van der Waals surface area contributed by atoms with Gasteiger partial charge in [0.05, 0.1) is 11.4 Å². The van der Waals surface area contributed by atoms with Gasteiger partial charge in [-0.15, -0.1) is 0 Å². The summed E-state index contributed by atoms with van der Waals surface area (Å²) in [7, 11) is 0. The summed E-state index contributed by atoms with van der Waals surface area (Å²) in [5, 5.41) is 0. The molecule has 15 heteroatoms. The third-order valence-corrected chi connectivity index (χ3v) is 4.96. The van der Waals surface area contributed by atoms with Crippen LogP contribution in [0.3, 0.4) is 0 Å². The van der Waals surface area contributed by atoms with Gasteiger partial charge in [-0.3, -0.25) is 9.97 Å². The highest BCUT2D eigenvalue weighted by atomic mass is 19.4. The van der Waals surface area contributed by atoms with E-state index < -0.39 is 55.1 Å². The monoisotopic (exact) mass is 530 g/mol. The Morgan fingerprint density at radius 3 is 1.63 bits per heavy atom. The van der Waals surface area contributed by atoms with Crippen LogP contribution in [0.15, 0.2) is 36.7 Å². The number of hydrogen-bond acceptors (Lipinski definition) is 2. The molecule has 2 nitrogen and oxygen atoms in total. The first-order valence-corrected chi connectivity index (χ1v) is 9.53. The maximum Gasteiger partial charge on any atom is 0.460 e. The van der Waals surface area contributed by atoms with Gasteiger partial charge in [0.1, 0.15) is 0 Å². The van der Waals surface area contributed by atoms with Crippen molar-refractivity contribution in [3.63, 3.8) is 0 Å². The van der Waals surface area contributed by atoms with E-state index >= 15 is 0 Å². The Kier molecular flexibility index (Phi) is 7.46. The molecule has 0 atom stereocenters. The molecule has 0 aliphatic carbocycles. The lowest BCUT2D eigenvalue weighted by Gasteiger charge is -2.39. The smallest absolute Gasteiger partial charge is 0.255 e. The van der Waals surface area contributed by atoms with E-state index in [2.05, 4.69) is 9.97 Å². The van der Waals surface area contributed by atoms with Crippen LogP contribution >= 0.6 is 0 Å². The van der Waals surface area contributed by atoms with Gasteiger partial charge >= 0.3 is 35.8 Å². The zero-order chi connectivity index (χ0) is 27.1. The van der Waals surface area contributed by atoms with E-state index in [1.54, 1.807) is 19.1 Å². The van der Waals surface area contributed by atoms with Crippen LogP contribution in [0.25, 0.3) is 11.4 Å². The average molecular weight is 530 g/mol. The first-order chi connectivity index (χ1) is 15.7. The maximum atomic E-state index is 13.9. The summed E-state index contributed by atoms with van der Waals surface area (Å²) in [6, 6.07) is 5.78. The summed E-state index contributed by atoms with van der Waals surface area (Å²) < 4.78 is 171. The largest absolute Gasteiger partial charge is 0.460 e. The van der Waals surface area contributed by atoms with E-state index in [9.17, 15) is 57.1 Å². The molecular formula is C20H15F13N2. The predicted octanol–water partition coefficient (Wildman–Crippen LogP) is 7.51. The SMILES string of the molecule is Cc1ccnc(-c2cc(CCCC(F)(F)C(F)(F)C(F)(F)C(F)(F)C(F)(F)C(F)(F)F)ccn2)c1. The molecule has 0 amide bonds. The number of alkyl halides is 13. The van der Waals surface area contributed by atoms with Crippen LogP contribution in [0.4, 0.5) is 57.1 Å². The summed E-state index contributed by atoms with van der Waals surface area (Å²) in [6.45, 7) is 1.72. The number of nitrogens with zero attached hydrogens (tertiary/aromatic N) is 2. The fourth-order valence-corrected chi connectivity index (χ4v) is 2.92. The van der Waals surface area contributed by atoms with Gasteiger partial charge in [-0.25, -0.2) is 0 Å². The van der Waals surface area contributed by atoms with Crippen LogP contribution in [0.1, 0.15) is 24.0 Å². The van der Waals surface area contributed by atoms with Crippen LogP contribution in [0, 0.1) is 6.92 Å². The lowest BCUT2D eigenvalue weighted by atomic mass is 9.91. The minimum absolute atomic E-state index is 0.165. The molecule has 0 saturated heterocycles. The second-order valence-electron chi connectivity index (χ2n) is 7.62. The van der Waals surface area contributed by atoms with Gasteiger partial charge in [-0.1, -0.05) is 0 Å². The highest BCUT2D eigenvalue weighted by molar-refractivity contribution is 5.55. The van der Waals surface area contributed by atoms with Gasteiger partial charge in [0.2, 0.25) is 0 Å². The van der Waals surface area contributed by atoms with E-state index in [-0.39, 0.29) is 11.3 Å². The first-order valence-electron chi connectivity index (χ1n) is 9.53. The number of halogens is 13. The minimum Gasteiger partial charge on any atom is -0.255 e. The van der Waals surface area contributed by atoms with Crippen molar-refractivity contribution in [2.24, 2.45) is 0 Å². The Balaban J connectivity index is 2.21. The van der Waals surface area contributed by atoms with Crippen LogP contribution in [-0.4, -0.2) is 45.8 Å². The predicted molar refractivity (Wildman–Crippen MR) is 95.9 cm³/mol. The highest BCUT2D eigenvalue weighted by Crippen LogP contribution is 2.60. The van der Waals surface area contributed by atoms with Crippen LogP contribution in [0.2, 0.25) is 0 Å². The zero-order valence-electron chi connectivity index (χ0n) is 17.4. The first kappa shape index (κ1) is 28.6. The lowest BCUT2D eigenvalue weighted by Crippen LogP contribution is -2.70. The summed E-state index contributed by atoms with van der Waals surface area (Å²) in [6.07, 6.45) is -8.59. The van der Waals surface area contributed by atoms with Crippen LogP contribution < -0.4 is 0 Å².